The number of nitrogens with zero attached hydrogens (tertiary/aromatic N) is 2. The van der Waals surface area contributed by atoms with E-state index in [-0.39, 0.29) is 11.2 Å². The van der Waals surface area contributed by atoms with Gasteiger partial charge in [-0.2, -0.15) is 5.26 Å². The molecule has 1 heterocycles. The lowest BCUT2D eigenvalue weighted by Crippen LogP contribution is -2.23. The van der Waals surface area contributed by atoms with E-state index < -0.39 is 0 Å². The monoisotopic (exact) mass is 385 g/mol. The third-order valence-corrected chi connectivity index (χ3v) is 5.99. The maximum absolute atomic E-state index is 12.5. The minimum absolute atomic E-state index is 0.140. The number of thioether (sulfide) groups is 1. The van der Waals surface area contributed by atoms with Crippen molar-refractivity contribution in [3.8, 4) is 6.07 Å². The second-order valence-electron chi connectivity index (χ2n) is 6.48. The van der Waals surface area contributed by atoms with Crippen LogP contribution >= 0.6 is 23.4 Å². The first-order valence-electron chi connectivity index (χ1n) is 8.64. The van der Waals surface area contributed by atoms with Gasteiger partial charge in [-0.25, -0.2) is 4.98 Å². The molecule has 26 heavy (non-hydrogen) atoms. The zero-order chi connectivity index (χ0) is 18.7. The van der Waals surface area contributed by atoms with Crippen molar-refractivity contribution in [3.05, 3.63) is 51.7 Å². The molecule has 1 atom stereocenters. The molecule has 0 radical (unpaired) electrons. The Labute approximate surface area is 163 Å². The quantitative estimate of drug-likeness (QED) is 0.759. The number of amides is 1. The topological polar surface area (TPSA) is 65.8 Å². The van der Waals surface area contributed by atoms with Gasteiger partial charge in [-0.1, -0.05) is 29.4 Å². The number of benzene rings is 1. The van der Waals surface area contributed by atoms with Crippen molar-refractivity contribution in [2.45, 2.75) is 49.8 Å². The van der Waals surface area contributed by atoms with Gasteiger partial charge in [-0.15, -0.1) is 0 Å². The number of nitrogens with one attached hydrogen (secondary N) is 1. The Morgan fingerprint density at radius 2 is 2.12 bits per heavy atom. The second kappa shape index (κ2) is 8.11. The number of aromatic nitrogens is 1. The number of hydrogen-bond donors (Lipinski definition) is 1. The SMILES string of the molecule is Cc1ccc(NC(=O)C(C)Sc2nc3c(cc2C#N)CCCC3)cc1Cl. The molecule has 0 fully saturated rings. The van der Waals surface area contributed by atoms with Crippen LogP contribution in [0.4, 0.5) is 5.69 Å². The molecule has 1 aliphatic carbocycles. The van der Waals surface area contributed by atoms with Gasteiger partial charge in [0.15, 0.2) is 0 Å². The molecule has 0 saturated heterocycles. The van der Waals surface area contributed by atoms with Crippen molar-refractivity contribution in [1.29, 1.82) is 5.26 Å². The van der Waals surface area contributed by atoms with Gasteiger partial charge >= 0.3 is 0 Å². The fourth-order valence-electron chi connectivity index (χ4n) is 2.92. The Morgan fingerprint density at radius 1 is 1.35 bits per heavy atom. The largest absolute Gasteiger partial charge is 0.325 e. The van der Waals surface area contributed by atoms with Crippen LogP contribution in [-0.4, -0.2) is 16.1 Å². The Balaban J connectivity index is 1.74. The summed E-state index contributed by atoms with van der Waals surface area (Å²) in [4.78, 5) is 17.2. The first-order chi connectivity index (χ1) is 12.5. The Hall–Kier alpha value is -2.03. The smallest absolute Gasteiger partial charge is 0.237 e. The van der Waals surface area contributed by atoms with E-state index in [4.69, 9.17) is 11.6 Å². The van der Waals surface area contributed by atoms with E-state index in [1.54, 1.807) is 6.07 Å². The summed E-state index contributed by atoms with van der Waals surface area (Å²) in [5, 5.41) is 13.2. The highest BCUT2D eigenvalue weighted by molar-refractivity contribution is 8.00. The van der Waals surface area contributed by atoms with E-state index in [2.05, 4.69) is 16.4 Å². The molecule has 0 bridgehead atoms. The van der Waals surface area contributed by atoms with Gasteiger partial charge in [0.25, 0.3) is 0 Å². The fraction of sp³-hybridized carbons (Fsp3) is 0.350. The lowest BCUT2D eigenvalue weighted by molar-refractivity contribution is -0.115. The van der Waals surface area contributed by atoms with Crippen molar-refractivity contribution in [3.63, 3.8) is 0 Å². The summed E-state index contributed by atoms with van der Waals surface area (Å²) < 4.78 is 0. The number of carbonyl (C=O) groups is 1. The van der Waals surface area contributed by atoms with Gasteiger partial charge in [0, 0.05) is 16.4 Å². The van der Waals surface area contributed by atoms with E-state index in [1.165, 1.54) is 17.3 Å². The van der Waals surface area contributed by atoms with Gasteiger partial charge in [0.1, 0.15) is 11.1 Å². The molecule has 3 rings (SSSR count). The fourth-order valence-corrected chi connectivity index (χ4v) is 4.00. The number of hydrogen-bond acceptors (Lipinski definition) is 4. The minimum Gasteiger partial charge on any atom is -0.325 e. The molecular weight excluding hydrogens is 366 g/mol. The molecule has 134 valence electrons. The number of pyridine rings is 1. The highest BCUT2D eigenvalue weighted by Gasteiger charge is 2.20. The lowest BCUT2D eigenvalue weighted by Gasteiger charge is -2.18. The van der Waals surface area contributed by atoms with E-state index in [1.807, 2.05) is 32.0 Å². The molecule has 1 amide bonds. The third kappa shape index (κ3) is 4.20. The van der Waals surface area contributed by atoms with Gasteiger partial charge in [-0.3, -0.25) is 4.79 Å². The van der Waals surface area contributed by atoms with Crippen molar-refractivity contribution in [2.24, 2.45) is 0 Å². The predicted molar refractivity (Wildman–Crippen MR) is 106 cm³/mol. The molecule has 2 aromatic rings. The van der Waals surface area contributed by atoms with Gasteiger partial charge in [0.2, 0.25) is 5.91 Å². The zero-order valence-corrected chi connectivity index (χ0v) is 16.4. The van der Waals surface area contributed by atoms with E-state index in [0.717, 1.165) is 36.9 Å². The summed E-state index contributed by atoms with van der Waals surface area (Å²) in [6, 6.07) is 9.60. The number of aryl methyl sites for hydroxylation is 3. The van der Waals surface area contributed by atoms with Crippen molar-refractivity contribution in [2.75, 3.05) is 5.32 Å². The van der Waals surface area contributed by atoms with Crippen LogP contribution in [0, 0.1) is 18.3 Å². The first kappa shape index (κ1) is 18.8. The van der Waals surface area contributed by atoms with Crippen LogP contribution in [0.2, 0.25) is 5.02 Å². The molecule has 4 nitrogen and oxygen atoms in total. The number of fused-ring (bicyclic) bond motifs is 1. The summed E-state index contributed by atoms with van der Waals surface area (Å²) in [5.74, 6) is -0.140. The summed E-state index contributed by atoms with van der Waals surface area (Å²) in [7, 11) is 0. The van der Waals surface area contributed by atoms with Gasteiger partial charge in [-0.05, 0) is 68.9 Å². The zero-order valence-electron chi connectivity index (χ0n) is 14.8. The summed E-state index contributed by atoms with van der Waals surface area (Å²) in [5.41, 5.74) is 4.41. The van der Waals surface area contributed by atoms with Crippen LogP contribution in [0.3, 0.4) is 0 Å². The Kier molecular flexibility index (Phi) is 5.85. The van der Waals surface area contributed by atoms with Gasteiger partial charge in [0.05, 0.1) is 10.8 Å². The summed E-state index contributed by atoms with van der Waals surface area (Å²) >= 11 is 7.43. The van der Waals surface area contributed by atoms with Crippen molar-refractivity contribution in [1.82, 2.24) is 4.98 Å². The predicted octanol–water partition coefficient (Wildman–Crippen LogP) is 4.91. The molecule has 1 aliphatic rings. The molecule has 1 unspecified atom stereocenters. The van der Waals surface area contributed by atoms with Crippen LogP contribution < -0.4 is 5.32 Å². The molecular formula is C20H20ClN3OS. The van der Waals surface area contributed by atoms with Crippen molar-refractivity contribution < 1.29 is 4.79 Å². The Morgan fingerprint density at radius 3 is 2.85 bits per heavy atom. The van der Waals surface area contributed by atoms with Crippen LogP contribution in [0.1, 0.15) is 42.1 Å². The molecule has 1 aromatic carbocycles. The molecule has 1 aromatic heterocycles. The highest BCUT2D eigenvalue weighted by atomic mass is 35.5. The van der Waals surface area contributed by atoms with Crippen LogP contribution in [0.5, 0.6) is 0 Å². The Bertz CT molecular complexity index is 891. The van der Waals surface area contributed by atoms with E-state index in [0.29, 0.717) is 21.3 Å². The average molecular weight is 386 g/mol. The number of rotatable bonds is 4. The normalized spacial score (nSPS) is 14.2. The molecule has 0 spiro atoms. The molecule has 1 N–H and O–H groups in total. The van der Waals surface area contributed by atoms with E-state index >= 15 is 0 Å². The maximum Gasteiger partial charge on any atom is 0.237 e. The first-order valence-corrected chi connectivity index (χ1v) is 9.90. The van der Waals surface area contributed by atoms with Gasteiger partial charge < -0.3 is 5.32 Å². The molecule has 6 heteroatoms. The number of nitriles is 1. The lowest BCUT2D eigenvalue weighted by atomic mass is 9.95. The summed E-state index contributed by atoms with van der Waals surface area (Å²) in [6.07, 6.45) is 4.19. The average Bonchev–Trinajstić information content (AvgIpc) is 2.64. The van der Waals surface area contributed by atoms with Crippen molar-refractivity contribution >= 4 is 35.0 Å². The molecule has 0 saturated carbocycles. The number of carbonyl (C=O) groups excluding carboxylic acids is 1. The number of anilines is 1. The van der Waals surface area contributed by atoms with Crippen LogP contribution in [-0.2, 0) is 17.6 Å². The number of halogens is 1. The second-order valence-corrected chi connectivity index (χ2v) is 8.22. The van der Waals surface area contributed by atoms with E-state index in [9.17, 15) is 10.1 Å². The third-order valence-electron chi connectivity index (χ3n) is 4.48. The van der Waals surface area contributed by atoms with Crippen LogP contribution in [0.15, 0.2) is 29.3 Å². The highest BCUT2D eigenvalue weighted by Crippen LogP contribution is 2.30. The van der Waals surface area contributed by atoms with Crippen LogP contribution in [0.25, 0.3) is 0 Å². The standard InChI is InChI=1S/C20H20ClN3OS/c1-12-7-8-16(10-17(12)21)23-19(25)13(2)26-20-15(11-22)9-14-5-3-4-6-18(14)24-20/h7-10,13H,3-6H2,1-2H3,(H,23,25). The molecule has 0 aliphatic heterocycles. The summed E-state index contributed by atoms with van der Waals surface area (Å²) in [6.45, 7) is 3.73. The maximum atomic E-state index is 12.5. The minimum atomic E-state index is -0.378.